The van der Waals surface area contributed by atoms with E-state index >= 15 is 0 Å². The quantitative estimate of drug-likeness (QED) is 0.701. The number of hydrogen-bond acceptors (Lipinski definition) is 6. The predicted octanol–water partition coefficient (Wildman–Crippen LogP) is 1.01. The average molecular weight is 399 g/mol. The van der Waals surface area contributed by atoms with Crippen LogP contribution >= 0.6 is 11.8 Å². The largest absolute Gasteiger partial charge is 0.371 e. The summed E-state index contributed by atoms with van der Waals surface area (Å²) in [6.45, 7) is 3.91. The van der Waals surface area contributed by atoms with Gasteiger partial charge in [0.1, 0.15) is 5.69 Å². The minimum Gasteiger partial charge on any atom is -0.371 e. The summed E-state index contributed by atoms with van der Waals surface area (Å²) in [7, 11) is -2.60. The highest BCUT2D eigenvalue weighted by Gasteiger charge is 2.42. The molecule has 0 bridgehead atoms. The third kappa shape index (κ3) is 3.29. The average Bonchev–Trinajstić information content (AvgIpc) is 3.21. The lowest BCUT2D eigenvalue weighted by molar-refractivity contribution is -0.150. The molecule has 1 aromatic heterocycles. The minimum absolute atomic E-state index is 0.0336. The highest BCUT2D eigenvalue weighted by atomic mass is 32.2. The van der Waals surface area contributed by atoms with Crippen LogP contribution in [-0.4, -0.2) is 73.0 Å². The number of ether oxygens (including phenoxy) is 1. The van der Waals surface area contributed by atoms with Crippen LogP contribution in [0.25, 0.3) is 0 Å². The second-order valence-corrected chi connectivity index (χ2v) is 10.6. The van der Waals surface area contributed by atoms with E-state index in [1.165, 1.54) is 6.20 Å². The van der Waals surface area contributed by atoms with Gasteiger partial charge in [0.05, 0.1) is 28.1 Å². The van der Waals surface area contributed by atoms with Crippen molar-refractivity contribution in [3.63, 3.8) is 0 Å². The highest BCUT2D eigenvalue weighted by molar-refractivity contribution is 7.99. The van der Waals surface area contributed by atoms with Gasteiger partial charge in [-0.3, -0.25) is 9.59 Å². The summed E-state index contributed by atoms with van der Waals surface area (Å²) in [6, 6.07) is 0. The molecule has 26 heavy (non-hydrogen) atoms. The smallest absolute Gasteiger partial charge is 0.303 e. The molecule has 0 saturated carbocycles. The Morgan fingerprint density at radius 2 is 2.12 bits per heavy atom. The van der Waals surface area contributed by atoms with Gasteiger partial charge in [-0.1, -0.05) is 11.8 Å². The molecule has 4 heterocycles. The molecule has 0 radical (unpaired) electrons. The summed E-state index contributed by atoms with van der Waals surface area (Å²) in [5.74, 6) is 1.12. The van der Waals surface area contributed by atoms with Crippen LogP contribution in [0.3, 0.4) is 0 Å². The lowest BCUT2D eigenvalue weighted by Crippen LogP contribution is -2.56. The predicted molar refractivity (Wildman–Crippen MR) is 97.8 cm³/mol. The van der Waals surface area contributed by atoms with E-state index in [0.29, 0.717) is 49.7 Å². The number of imidazole rings is 1. The number of carbonyl (C=O) groups excluding carboxylic acids is 2. The maximum atomic E-state index is 13.1. The van der Waals surface area contributed by atoms with Crippen LogP contribution < -0.4 is 0 Å². The van der Waals surface area contributed by atoms with E-state index in [4.69, 9.17) is 4.74 Å². The third-order valence-corrected chi connectivity index (χ3v) is 8.43. The Hall–Kier alpha value is -1.39. The number of rotatable bonds is 1. The van der Waals surface area contributed by atoms with Gasteiger partial charge < -0.3 is 14.2 Å². The van der Waals surface area contributed by atoms with Gasteiger partial charge in [0.2, 0.25) is 5.91 Å². The van der Waals surface area contributed by atoms with Crippen molar-refractivity contribution >= 4 is 33.3 Å². The van der Waals surface area contributed by atoms with E-state index in [0.717, 1.165) is 17.5 Å². The summed E-state index contributed by atoms with van der Waals surface area (Å²) in [5, 5.41) is 0.820. The first-order valence-electron chi connectivity index (χ1n) is 8.74. The second kappa shape index (κ2) is 6.65. The molecule has 3 aliphatic heterocycles. The summed E-state index contributed by atoms with van der Waals surface area (Å²) < 4.78 is 25.0. The van der Waals surface area contributed by atoms with E-state index in [1.807, 2.05) is 4.57 Å². The molecule has 0 unspecified atom stereocenters. The van der Waals surface area contributed by atoms with Crippen LogP contribution in [0.4, 0.5) is 0 Å². The molecular weight excluding hydrogens is 376 g/mol. The SMILES string of the molecule is CC(=O)N1CCOC2(CCS(=O)(=NC(=O)c3cnc4n3CCS4)CC2)C1. The molecule has 4 rings (SSSR count). The van der Waals surface area contributed by atoms with E-state index in [-0.39, 0.29) is 5.91 Å². The van der Waals surface area contributed by atoms with Crippen LogP contribution in [0, 0.1) is 0 Å². The first kappa shape index (κ1) is 18.0. The molecular formula is C16H22N4O4S2. The maximum Gasteiger partial charge on any atom is 0.303 e. The van der Waals surface area contributed by atoms with Crippen molar-refractivity contribution in [1.29, 1.82) is 0 Å². The topological polar surface area (TPSA) is 93.9 Å². The van der Waals surface area contributed by atoms with Crippen molar-refractivity contribution in [1.82, 2.24) is 14.5 Å². The van der Waals surface area contributed by atoms with Crippen molar-refractivity contribution in [2.75, 3.05) is 37.0 Å². The number of fused-ring (bicyclic) bond motifs is 1. The Morgan fingerprint density at radius 1 is 1.35 bits per heavy atom. The van der Waals surface area contributed by atoms with Crippen LogP contribution in [0.15, 0.2) is 15.7 Å². The van der Waals surface area contributed by atoms with Crippen molar-refractivity contribution in [2.45, 2.75) is 37.1 Å². The number of hydrogen-bond donors (Lipinski definition) is 0. The molecule has 2 saturated heterocycles. The molecule has 8 nitrogen and oxygen atoms in total. The van der Waals surface area contributed by atoms with Gasteiger partial charge in [-0.15, -0.1) is 0 Å². The standard InChI is InChI=1S/C16H22N4O4S2/c1-12(21)19-4-6-24-16(11-19)2-8-26(23,9-3-16)18-14(22)13-10-17-15-20(13)5-7-25-15/h10H,2-9,11H2,1H3. The molecule has 2 amide bonds. The fourth-order valence-corrected chi connectivity index (χ4v) is 6.81. The molecule has 1 aromatic rings. The van der Waals surface area contributed by atoms with E-state index in [1.54, 1.807) is 23.6 Å². The molecule has 0 aliphatic carbocycles. The fourth-order valence-electron chi connectivity index (χ4n) is 3.71. The Labute approximate surface area is 156 Å². The molecule has 3 aliphatic rings. The van der Waals surface area contributed by atoms with Crippen molar-refractivity contribution in [3.8, 4) is 0 Å². The lowest BCUT2D eigenvalue weighted by atomic mass is 9.94. The number of aromatic nitrogens is 2. The zero-order chi connectivity index (χ0) is 18.4. The minimum atomic E-state index is -2.60. The Balaban J connectivity index is 1.49. The van der Waals surface area contributed by atoms with Crippen LogP contribution in [0.2, 0.25) is 0 Å². The van der Waals surface area contributed by atoms with Crippen LogP contribution in [0.5, 0.6) is 0 Å². The second-order valence-electron chi connectivity index (χ2n) is 6.98. The van der Waals surface area contributed by atoms with E-state index in [2.05, 4.69) is 9.35 Å². The zero-order valence-corrected chi connectivity index (χ0v) is 16.3. The third-order valence-electron chi connectivity index (χ3n) is 5.28. The van der Waals surface area contributed by atoms with Gasteiger partial charge in [-0.2, -0.15) is 4.36 Å². The first-order valence-corrected chi connectivity index (χ1v) is 11.6. The summed E-state index contributed by atoms with van der Waals surface area (Å²) in [4.78, 5) is 30.2. The Bertz CT molecular complexity index is 858. The fraction of sp³-hybridized carbons (Fsp3) is 0.688. The van der Waals surface area contributed by atoms with Gasteiger partial charge in [0, 0.05) is 43.8 Å². The summed E-state index contributed by atoms with van der Waals surface area (Å²) in [5.41, 5.74) is -0.0255. The van der Waals surface area contributed by atoms with Gasteiger partial charge >= 0.3 is 5.91 Å². The van der Waals surface area contributed by atoms with E-state index < -0.39 is 21.2 Å². The molecule has 10 heteroatoms. The lowest BCUT2D eigenvalue weighted by Gasteiger charge is -2.45. The van der Waals surface area contributed by atoms with Gasteiger partial charge in [-0.25, -0.2) is 9.19 Å². The number of morpholine rings is 1. The number of amides is 2. The highest BCUT2D eigenvalue weighted by Crippen LogP contribution is 2.32. The Morgan fingerprint density at radius 3 is 2.85 bits per heavy atom. The first-order chi connectivity index (χ1) is 12.4. The van der Waals surface area contributed by atoms with Gasteiger partial charge in [0.15, 0.2) is 5.16 Å². The molecule has 0 aromatic carbocycles. The molecule has 1 spiro atoms. The van der Waals surface area contributed by atoms with Crippen molar-refractivity contribution < 1.29 is 18.5 Å². The summed E-state index contributed by atoms with van der Waals surface area (Å²) >= 11 is 1.61. The van der Waals surface area contributed by atoms with Crippen LogP contribution in [-0.2, 0) is 25.8 Å². The molecule has 2 fully saturated rings. The van der Waals surface area contributed by atoms with Crippen molar-refractivity contribution in [2.24, 2.45) is 4.36 Å². The van der Waals surface area contributed by atoms with E-state index in [9.17, 15) is 13.8 Å². The zero-order valence-electron chi connectivity index (χ0n) is 14.7. The van der Waals surface area contributed by atoms with Gasteiger partial charge in [-0.05, 0) is 12.8 Å². The summed E-state index contributed by atoms with van der Waals surface area (Å²) in [6.07, 6.45) is 2.62. The molecule has 0 N–H and O–H groups in total. The molecule has 0 atom stereocenters. The maximum absolute atomic E-state index is 13.1. The normalized spacial score (nSPS) is 31.0. The number of nitrogens with zero attached hydrogens (tertiary/aromatic N) is 4. The Kier molecular flexibility index (Phi) is 4.60. The van der Waals surface area contributed by atoms with Crippen molar-refractivity contribution in [3.05, 3.63) is 11.9 Å². The van der Waals surface area contributed by atoms with Crippen LogP contribution in [0.1, 0.15) is 30.3 Å². The number of thioether (sulfide) groups is 1. The van der Waals surface area contributed by atoms with Gasteiger partial charge in [0.25, 0.3) is 0 Å². The number of carbonyl (C=O) groups is 2. The monoisotopic (exact) mass is 398 g/mol. The molecule has 142 valence electrons.